The number of nitrogens with two attached hydrogens (primary N) is 1. The van der Waals surface area contributed by atoms with E-state index in [9.17, 15) is 19.2 Å². The Morgan fingerprint density at radius 1 is 1.32 bits per heavy atom. The number of aromatic nitrogens is 2. The summed E-state index contributed by atoms with van der Waals surface area (Å²) in [4.78, 5) is 54.2. The Morgan fingerprint density at radius 3 is 2.60 bits per heavy atom. The van der Waals surface area contributed by atoms with Crippen LogP contribution in [0, 0.1) is 0 Å². The maximum absolute atomic E-state index is 12.7. The molecular weight excluding hydrogens is 326 g/mol. The number of ketones is 1. The lowest BCUT2D eigenvalue weighted by Crippen LogP contribution is -2.45. The van der Waals surface area contributed by atoms with Crippen LogP contribution in [-0.2, 0) is 11.3 Å². The Labute approximate surface area is 145 Å². The number of likely N-dealkylation sites (N-methyl/N-ethyl adjacent to an activating group) is 1. The zero-order valence-electron chi connectivity index (χ0n) is 14.9. The molecule has 0 aromatic carbocycles. The average molecular weight is 351 g/mol. The summed E-state index contributed by atoms with van der Waals surface area (Å²) in [5, 5.41) is 0. The third-order valence-corrected chi connectivity index (χ3v) is 4.40. The van der Waals surface area contributed by atoms with E-state index in [1.807, 2.05) is 6.92 Å². The minimum absolute atomic E-state index is 0.0665. The Kier molecular flexibility index (Phi) is 5.78. The number of nitrogen functional groups attached to an aromatic ring is 1. The number of rotatable bonds is 6. The molecule has 1 aromatic heterocycles. The van der Waals surface area contributed by atoms with Crippen molar-refractivity contribution in [3.63, 3.8) is 0 Å². The van der Waals surface area contributed by atoms with Crippen LogP contribution in [0.25, 0.3) is 0 Å². The van der Waals surface area contributed by atoms with Crippen molar-refractivity contribution in [2.45, 2.75) is 38.8 Å². The molecule has 1 amide bonds. The number of nitrogens with one attached hydrogen (secondary N) is 1. The van der Waals surface area contributed by atoms with Gasteiger partial charge in [-0.2, -0.15) is 0 Å². The van der Waals surface area contributed by atoms with Gasteiger partial charge in [0.1, 0.15) is 11.4 Å². The van der Waals surface area contributed by atoms with Crippen molar-refractivity contribution in [1.82, 2.24) is 19.4 Å². The van der Waals surface area contributed by atoms with E-state index in [0.29, 0.717) is 25.9 Å². The second-order valence-corrected chi connectivity index (χ2v) is 6.46. The van der Waals surface area contributed by atoms with Gasteiger partial charge in [-0.05, 0) is 25.8 Å². The highest BCUT2D eigenvalue weighted by Gasteiger charge is 2.34. The lowest BCUT2D eigenvalue weighted by Gasteiger charge is -2.25. The van der Waals surface area contributed by atoms with Crippen molar-refractivity contribution in [1.29, 1.82) is 0 Å². The molecule has 1 aliphatic heterocycles. The molecule has 1 atom stereocenters. The van der Waals surface area contributed by atoms with Crippen LogP contribution in [0.5, 0.6) is 0 Å². The fourth-order valence-electron chi connectivity index (χ4n) is 3.16. The van der Waals surface area contributed by atoms with Crippen LogP contribution in [0.15, 0.2) is 9.59 Å². The number of anilines is 1. The van der Waals surface area contributed by atoms with Crippen LogP contribution < -0.4 is 17.0 Å². The quantitative estimate of drug-likeness (QED) is 0.651. The minimum atomic E-state index is -0.783. The molecule has 0 bridgehead atoms. The van der Waals surface area contributed by atoms with Crippen molar-refractivity contribution in [2.75, 3.05) is 32.9 Å². The lowest BCUT2D eigenvalue weighted by molar-refractivity contribution is -0.133. The van der Waals surface area contributed by atoms with Gasteiger partial charge in [0.25, 0.3) is 5.56 Å². The number of H-pyrrole nitrogens is 1. The molecule has 9 heteroatoms. The first-order chi connectivity index (χ1) is 11.8. The molecule has 1 saturated heterocycles. The summed E-state index contributed by atoms with van der Waals surface area (Å²) >= 11 is 0. The summed E-state index contributed by atoms with van der Waals surface area (Å²) in [6.07, 6.45) is 2.11. The van der Waals surface area contributed by atoms with Gasteiger partial charge in [0.05, 0.1) is 12.6 Å². The van der Waals surface area contributed by atoms with Gasteiger partial charge < -0.3 is 10.6 Å². The topological polar surface area (TPSA) is 121 Å². The summed E-state index contributed by atoms with van der Waals surface area (Å²) in [5.74, 6) is -0.666. The maximum atomic E-state index is 12.7. The van der Waals surface area contributed by atoms with Gasteiger partial charge in [-0.15, -0.1) is 0 Å². The van der Waals surface area contributed by atoms with Crippen LogP contribution in [0.3, 0.4) is 0 Å². The molecule has 25 heavy (non-hydrogen) atoms. The lowest BCUT2D eigenvalue weighted by atomic mass is 10.1. The molecule has 1 aromatic rings. The standard InChI is InChI=1S/C16H25N5O4/c1-4-7-21-13(17)12(14(23)18-16(21)25)11(22)9-20-8-5-6-10(20)15(24)19(2)3/h10H,4-9,17H2,1-3H3,(H,18,23,25)/t10-/m1/s1. The number of nitrogens with zero attached hydrogens (tertiary/aromatic N) is 3. The van der Waals surface area contributed by atoms with Crippen molar-refractivity contribution in [3.8, 4) is 0 Å². The summed E-state index contributed by atoms with van der Waals surface area (Å²) in [6.45, 7) is 2.69. The molecule has 0 radical (unpaired) electrons. The van der Waals surface area contributed by atoms with E-state index in [2.05, 4.69) is 4.98 Å². The van der Waals surface area contributed by atoms with E-state index >= 15 is 0 Å². The molecule has 3 N–H and O–H groups in total. The highest BCUT2D eigenvalue weighted by Crippen LogP contribution is 2.19. The van der Waals surface area contributed by atoms with Crippen LogP contribution in [0.4, 0.5) is 5.82 Å². The molecule has 2 heterocycles. The number of hydrogen-bond donors (Lipinski definition) is 2. The highest BCUT2D eigenvalue weighted by atomic mass is 16.2. The fourth-order valence-corrected chi connectivity index (χ4v) is 3.16. The van der Waals surface area contributed by atoms with E-state index in [1.165, 1.54) is 9.47 Å². The molecule has 1 fully saturated rings. The SMILES string of the molecule is CCCn1c(N)c(C(=O)CN2CCC[C@@H]2C(=O)N(C)C)c(=O)[nH]c1=O. The number of Topliss-reactive ketones (excluding diaryl/α,β-unsaturated/α-hetero) is 1. The van der Waals surface area contributed by atoms with Gasteiger partial charge in [0, 0.05) is 20.6 Å². The van der Waals surface area contributed by atoms with Crippen molar-refractivity contribution in [3.05, 3.63) is 26.4 Å². The third kappa shape index (κ3) is 3.81. The highest BCUT2D eigenvalue weighted by molar-refractivity contribution is 6.01. The molecule has 9 nitrogen and oxygen atoms in total. The van der Waals surface area contributed by atoms with Gasteiger partial charge in [-0.25, -0.2) is 4.79 Å². The normalized spacial score (nSPS) is 17.6. The Balaban J connectivity index is 2.29. The van der Waals surface area contributed by atoms with E-state index < -0.39 is 17.0 Å². The molecule has 138 valence electrons. The zero-order valence-corrected chi connectivity index (χ0v) is 14.9. The van der Waals surface area contributed by atoms with Gasteiger partial charge in [-0.1, -0.05) is 6.92 Å². The van der Waals surface area contributed by atoms with E-state index in [-0.39, 0.29) is 29.9 Å². The second-order valence-electron chi connectivity index (χ2n) is 6.46. The number of likely N-dealkylation sites (tertiary alicyclic amines) is 1. The Hall–Kier alpha value is -2.42. The number of amides is 1. The maximum Gasteiger partial charge on any atom is 0.329 e. The van der Waals surface area contributed by atoms with Crippen molar-refractivity contribution in [2.24, 2.45) is 0 Å². The number of carbonyl (C=O) groups excluding carboxylic acids is 2. The fraction of sp³-hybridized carbons (Fsp3) is 0.625. The number of carbonyl (C=O) groups is 2. The molecule has 0 unspecified atom stereocenters. The van der Waals surface area contributed by atoms with Crippen LogP contribution >= 0.6 is 0 Å². The van der Waals surface area contributed by atoms with Crippen LogP contribution in [0.2, 0.25) is 0 Å². The Bertz CT molecular complexity index is 780. The first-order valence-corrected chi connectivity index (χ1v) is 8.38. The van der Waals surface area contributed by atoms with Gasteiger partial charge in [0.2, 0.25) is 5.91 Å². The van der Waals surface area contributed by atoms with Crippen LogP contribution in [0.1, 0.15) is 36.5 Å². The largest absolute Gasteiger partial charge is 0.384 e. The Morgan fingerprint density at radius 2 is 2.00 bits per heavy atom. The van der Waals surface area contributed by atoms with Gasteiger partial charge in [-0.3, -0.25) is 28.8 Å². The molecule has 0 spiro atoms. The second kappa shape index (κ2) is 7.64. The summed E-state index contributed by atoms with van der Waals surface area (Å²) in [6, 6.07) is -0.374. The van der Waals surface area contributed by atoms with E-state index in [0.717, 1.165) is 6.42 Å². The summed E-state index contributed by atoms with van der Waals surface area (Å²) < 4.78 is 1.20. The molecular formula is C16H25N5O4. The van der Waals surface area contributed by atoms with Crippen molar-refractivity contribution < 1.29 is 9.59 Å². The molecule has 1 aliphatic rings. The minimum Gasteiger partial charge on any atom is -0.384 e. The van der Waals surface area contributed by atoms with Gasteiger partial charge >= 0.3 is 5.69 Å². The summed E-state index contributed by atoms with van der Waals surface area (Å²) in [5.41, 5.74) is 4.30. The summed E-state index contributed by atoms with van der Waals surface area (Å²) in [7, 11) is 3.34. The number of hydrogen-bond acceptors (Lipinski definition) is 6. The van der Waals surface area contributed by atoms with E-state index in [4.69, 9.17) is 5.73 Å². The van der Waals surface area contributed by atoms with Crippen LogP contribution in [-0.4, -0.2) is 64.3 Å². The third-order valence-electron chi connectivity index (χ3n) is 4.40. The van der Waals surface area contributed by atoms with Crippen molar-refractivity contribution >= 4 is 17.5 Å². The molecule has 0 saturated carbocycles. The monoisotopic (exact) mass is 351 g/mol. The molecule has 2 rings (SSSR count). The first kappa shape index (κ1) is 18.9. The predicted molar refractivity (Wildman–Crippen MR) is 93.6 cm³/mol. The van der Waals surface area contributed by atoms with Gasteiger partial charge in [0.15, 0.2) is 5.78 Å². The predicted octanol–water partition coefficient (Wildman–Crippen LogP) is -0.736. The average Bonchev–Trinajstić information content (AvgIpc) is 2.98. The first-order valence-electron chi connectivity index (χ1n) is 8.38. The molecule has 0 aliphatic carbocycles. The van der Waals surface area contributed by atoms with E-state index in [1.54, 1.807) is 19.0 Å². The number of aromatic amines is 1. The smallest absolute Gasteiger partial charge is 0.329 e. The zero-order chi connectivity index (χ0) is 18.7.